The molecule has 40 heavy (non-hydrogen) atoms. The van der Waals surface area contributed by atoms with Gasteiger partial charge in [-0.1, -0.05) is 25.0 Å². The van der Waals surface area contributed by atoms with Crippen LogP contribution in [0.15, 0.2) is 54.7 Å². The Labute approximate surface area is 235 Å². The van der Waals surface area contributed by atoms with Crippen molar-refractivity contribution in [1.29, 1.82) is 5.26 Å². The van der Waals surface area contributed by atoms with E-state index in [0.717, 1.165) is 78.5 Å². The highest BCUT2D eigenvalue weighted by Gasteiger charge is 2.47. The Bertz CT molecular complexity index is 1480. The van der Waals surface area contributed by atoms with E-state index in [4.69, 9.17) is 5.10 Å². The normalized spacial score (nSPS) is 24.1. The van der Waals surface area contributed by atoms with Gasteiger partial charge in [-0.3, -0.25) is 9.00 Å². The van der Waals surface area contributed by atoms with Gasteiger partial charge in [-0.25, -0.2) is 9.07 Å². The maximum absolute atomic E-state index is 13.7. The molecule has 1 aliphatic heterocycles. The molecule has 210 valence electrons. The highest BCUT2D eigenvalue weighted by atomic mass is 32.2. The van der Waals surface area contributed by atoms with Crippen LogP contribution in [0.4, 0.5) is 10.1 Å². The van der Waals surface area contributed by atoms with Gasteiger partial charge in [-0.2, -0.15) is 10.4 Å². The number of benzene rings is 2. The van der Waals surface area contributed by atoms with Crippen LogP contribution in [0.25, 0.3) is 16.8 Å². The van der Waals surface area contributed by atoms with Crippen LogP contribution in [0.5, 0.6) is 0 Å². The second-order valence-electron chi connectivity index (χ2n) is 11.8. The largest absolute Gasteiger partial charge is 0.370 e. The summed E-state index contributed by atoms with van der Waals surface area (Å²) in [5, 5.41) is 17.6. The number of nitriles is 1. The Morgan fingerprint density at radius 3 is 2.35 bits per heavy atom. The van der Waals surface area contributed by atoms with Crippen LogP contribution in [0, 0.1) is 23.1 Å². The van der Waals surface area contributed by atoms with E-state index in [9.17, 15) is 18.7 Å². The Balaban J connectivity index is 1.34. The van der Waals surface area contributed by atoms with Crippen LogP contribution >= 0.6 is 0 Å². The lowest BCUT2D eigenvalue weighted by Crippen LogP contribution is -2.43. The SMILES string of the molecule is C[SH]1(=O)CCN(c2ccc(-c3cn(-c4ccc(F)cc4)nc3[C@@H]3CCCC[C@H]3C(=O)NC3(C#N)CC3)cc2)CC1. The summed E-state index contributed by atoms with van der Waals surface area (Å²) in [6, 6.07) is 16.9. The topological polar surface area (TPSA) is 91.0 Å². The van der Waals surface area contributed by atoms with Gasteiger partial charge in [-0.15, -0.1) is 9.93 Å². The van der Waals surface area contributed by atoms with Gasteiger partial charge in [0.15, 0.2) is 0 Å². The molecule has 1 amide bonds. The molecular formula is C31H36FN5O2S. The summed E-state index contributed by atoms with van der Waals surface area (Å²) in [4.78, 5) is 15.7. The summed E-state index contributed by atoms with van der Waals surface area (Å²) in [5.74, 6) is 0.773. The first kappa shape index (κ1) is 26.7. The summed E-state index contributed by atoms with van der Waals surface area (Å²) in [6.07, 6.45) is 8.87. The first-order valence-electron chi connectivity index (χ1n) is 14.3. The smallest absolute Gasteiger partial charge is 0.225 e. The number of amides is 1. The summed E-state index contributed by atoms with van der Waals surface area (Å²) >= 11 is 0. The predicted molar refractivity (Wildman–Crippen MR) is 157 cm³/mol. The fourth-order valence-corrected chi connectivity index (χ4v) is 7.65. The van der Waals surface area contributed by atoms with E-state index in [1.54, 1.807) is 16.8 Å². The number of hydrogen-bond donors (Lipinski definition) is 2. The average Bonchev–Trinajstić information content (AvgIpc) is 3.60. The zero-order valence-corrected chi connectivity index (χ0v) is 23.7. The van der Waals surface area contributed by atoms with Crippen LogP contribution in [0.2, 0.25) is 0 Å². The number of nitrogens with zero attached hydrogens (tertiary/aromatic N) is 4. The summed E-state index contributed by atoms with van der Waals surface area (Å²) < 4.78 is 27.9. The molecule has 9 heteroatoms. The van der Waals surface area contributed by atoms with Gasteiger partial charge in [0.05, 0.1) is 17.5 Å². The van der Waals surface area contributed by atoms with Gasteiger partial charge in [0, 0.05) is 53.9 Å². The molecule has 0 spiro atoms. The molecule has 3 aliphatic rings. The minimum absolute atomic E-state index is 0.0558. The number of carbonyl (C=O) groups excluding carboxylic acids is 1. The molecule has 1 saturated heterocycles. The molecule has 2 aromatic carbocycles. The zero-order valence-electron chi connectivity index (χ0n) is 22.9. The Hall–Kier alpha value is -3.51. The fraction of sp³-hybridized carbons (Fsp3) is 0.452. The lowest BCUT2D eigenvalue weighted by Gasteiger charge is -2.34. The van der Waals surface area contributed by atoms with Crippen molar-refractivity contribution < 1.29 is 13.4 Å². The number of aromatic nitrogens is 2. The predicted octanol–water partition coefficient (Wildman–Crippen LogP) is 4.59. The van der Waals surface area contributed by atoms with E-state index in [1.807, 2.05) is 12.5 Å². The molecule has 6 rings (SSSR count). The zero-order chi connectivity index (χ0) is 27.9. The Morgan fingerprint density at radius 1 is 1.05 bits per heavy atom. The molecule has 0 radical (unpaired) electrons. The number of carbonyl (C=O) groups is 1. The van der Waals surface area contributed by atoms with Crippen LogP contribution in [-0.2, 0) is 14.7 Å². The number of anilines is 1. The second-order valence-corrected chi connectivity index (χ2v) is 15.3. The van der Waals surface area contributed by atoms with Crippen molar-refractivity contribution in [3.05, 3.63) is 66.2 Å². The van der Waals surface area contributed by atoms with Crippen molar-refractivity contribution >= 4 is 21.5 Å². The van der Waals surface area contributed by atoms with E-state index >= 15 is 0 Å². The maximum atomic E-state index is 13.7. The third-order valence-corrected chi connectivity index (χ3v) is 11.1. The quantitative estimate of drug-likeness (QED) is 0.430. The van der Waals surface area contributed by atoms with Crippen molar-refractivity contribution in [3.63, 3.8) is 0 Å². The number of nitrogens with one attached hydrogen (secondary N) is 1. The maximum Gasteiger partial charge on any atom is 0.225 e. The van der Waals surface area contributed by atoms with Crippen LogP contribution in [-0.4, -0.2) is 56.3 Å². The lowest BCUT2D eigenvalue weighted by molar-refractivity contribution is -0.127. The van der Waals surface area contributed by atoms with E-state index in [2.05, 4.69) is 40.6 Å². The van der Waals surface area contributed by atoms with Crippen molar-refractivity contribution in [2.45, 2.75) is 50.0 Å². The first-order chi connectivity index (χ1) is 19.3. The standard InChI is InChI=1S/C31H36FN5O2S/c1-40(39)18-16-36(17-19-40)24-10-6-22(7-11-24)28-20-37(25-12-8-23(32)9-13-25)35-29(28)26-4-2-3-5-27(26)30(38)34-31(21-33)14-15-31/h6-13,20,26-27,40H,2-5,14-19H2,1H3,(H,34,38)/t26-,27-/m1/s1. The molecule has 2 atom stereocenters. The third kappa shape index (κ3) is 5.42. The van der Waals surface area contributed by atoms with Gasteiger partial charge >= 0.3 is 0 Å². The molecular weight excluding hydrogens is 525 g/mol. The van der Waals surface area contributed by atoms with Gasteiger partial charge in [0.25, 0.3) is 0 Å². The van der Waals surface area contributed by atoms with Crippen molar-refractivity contribution in [3.8, 4) is 22.9 Å². The Kier molecular flexibility index (Phi) is 6.99. The van der Waals surface area contributed by atoms with E-state index < -0.39 is 15.5 Å². The molecule has 3 aromatic rings. The van der Waals surface area contributed by atoms with Crippen molar-refractivity contribution in [2.24, 2.45) is 5.92 Å². The highest BCUT2D eigenvalue weighted by Crippen LogP contribution is 2.43. The third-order valence-electron chi connectivity index (χ3n) is 8.84. The van der Waals surface area contributed by atoms with Gasteiger partial charge in [-0.05, 0) is 73.9 Å². The molecule has 0 unspecified atom stereocenters. The second kappa shape index (κ2) is 10.5. The molecule has 0 bridgehead atoms. The minimum Gasteiger partial charge on any atom is -0.370 e. The number of halogens is 1. The summed E-state index contributed by atoms with van der Waals surface area (Å²) in [6.45, 7) is 1.59. The van der Waals surface area contributed by atoms with Crippen LogP contribution in [0.1, 0.15) is 50.1 Å². The number of rotatable bonds is 6. The molecule has 2 aliphatic carbocycles. The average molecular weight is 562 g/mol. The van der Waals surface area contributed by atoms with E-state index in [0.29, 0.717) is 12.8 Å². The van der Waals surface area contributed by atoms with Gasteiger partial charge in [0.2, 0.25) is 5.91 Å². The lowest BCUT2D eigenvalue weighted by atomic mass is 9.75. The molecule has 2 heterocycles. The van der Waals surface area contributed by atoms with E-state index in [1.165, 1.54) is 12.1 Å². The van der Waals surface area contributed by atoms with Crippen molar-refractivity contribution in [2.75, 3.05) is 35.8 Å². The van der Waals surface area contributed by atoms with Crippen LogP contribution in [0.3, 0.4) is 0 Å². The summed E-state index contributed by atoms with van der Waals surface area (Å²) in [5.41, 5.74) is 3.98. The monoisotopic (exact) mass is 561 g/mol. The molecule has 1 N–H and O–H groups in total. The molecule has 1 aromatic heterocycles. The Morgan fingerprint density at radius 2 is 1.70 bits per heavy atom. The van der Waals surface area contributed by atoms with E-state index in [-0.39, 0.29) is 23.6 Å². The van der Waals surface area contributed by atoms with Crippen LogP contribution < -0.4 is 10.2 Å². The van der Waals surface area contributed by atoms with Crippen molar-refractivity contribution in [1.82, 2.24) is 15.1 Å². The number of thiol groups is 1. The minimum atomic E-state index is -2.01. The molecule has 2 saturated carbocycles. The van der Waals surface area contributed by atoms with Gasteiger partial charge < -0.3 is 10.2 Å². The highest BCUT2D eigenvalue weighted by molar-refractivity contribution is 8.02. The molecule has 3 fully saturated rings. The first-order valence-corrected chi connectivity index (χ1v) is 16.8. The summed E-state index contributed by atoms with van der Waals surface area (Å²) in [7, 11) is -2.01. The fourth-order valence-electron chi connectivity index (χ4n) is 6.10. The van der Waals surface area contributed by atoms with Gasteiger partial charge in [0.1, 0.15) is 11.4 Å². The molecule has 7 nitrogen and oxygen atoms in total. The number of hydrogen-bond acceptors (Lipinski definition) is 5.